The zero-order valence-corrected chi connectivity index (χ0v) is 17.8. The molecule has 162 valence electrons. The molecular formula is C20H20FN5O4S. The van der Waals surface area contributed by atoms with E-state index in [2.05, 4.69) is 20.7 Å². The molecule has 0 atom stereocenters. The maximum absolute atomic E-state index is 13.3. The first-order valence-electron chi connectivity index (χ1n) is 9.18. The summed E-state index contributed by atoms with van der Waals surface area (Å²) in [5.41, 5.74) is -0.0379. The first-order chi connectivity index (χ1) is 14.6. The molecule has 3 rings (SSSR count). The Morgan fingerprint density at radius 2 is 1.87 bits per heavy atom. The third kappa shape index (κ3) is 5.95. The number of carbonyl (C=O) groups excluding carboxylic acids is 3. The molecule has 0 unspecified atom stereocenters. The quantitative estimate of drug-likeness (QED) is 0.584. The van der Waals surface area contributed by atoms with Crippen molar-refractivity contribution in [3.63, 3.8) is 0 Å². The molecule has 3 aromatic rings. The Kier molecular flexibility index (Phi) is 6.44. The van der Waals surface area contributed by atoms with E-state index in [-0.39, 0.29) is 5.82 Å². The monoisotopic (exact) mass is 445 g/mol. The molecule has 0 aliphatic rings. The number of nitrogens with one attached hydrogen (secondary N) is 2. The summed E-state index contributed by atoms with van der Waals surface area (Å²) in [6.45, 7) is 4.58. The molecular weight excluding hydrogens is 425 g/mol. The summed E-state index contributed by atoms with van der Waals surface area (Å²) in [6.07, 6.45) is 0. The fourth-order valence-corrected chi connectivity index (χ4v) is 3.15. The van der Waals surface area contributed by atoms with Gasteiger partial charge in [0.25, 0.3) is 11.7 Å². The minimum Gasteiger partial charge on any atom is -0.450 e. The van der Waals surface area contributed by atoms with Gasteiger partial charge in [-0.25, -0.2) is 18.7 Å². The predicted octanol–water partition coefficient (Wildman–Crippen LogP) is 2.92. The van der Waals surface area contributed by atoms with Crippen LogP contribution in [0, 0.1) is 5.82 Å². The number of ether oxygens (including phenoxy) is 1. The molecule has 0 saturated heterocycles. The molecule has 2 heterocycles. The van der Waals surface area contributed by atoms with Crippen LogP contribution in [0.4, 0.5) is 9.18 Å². The minimum atomic E-state index is -0.940. The Balaban J connectivity index is 1.73. The van der Waals surface area contributed by atoms with E-state index in [9.17, 15) is 18.8 Å². The number of amides is 3. The predicted molar refractivity (Wildman–Crippen MR) is 111 cm³/mol. The summed E-state index contributed by atoms with van der Waals surface area (Å²) in [7, 11) is 0. The molecule has 2 N–H and O–H groups in total. The van der Waals surface area contributed by atoms with E-state index in [0.29, 0.717) is 11.5 Å². The van der Waals surface area contributed by atoms with E-state index in [4.69, 9.17) is 4.74 Å². The number of esters is 1. The smallest absolute Gasteiger partial charge is 0.378 e. The highest BCUT2D eigenvalue weighted by atomic mass is 32.1. The molecule has 1 aromatic carbocycles. The van der Waals surface area contributed by atoms with Gasteiger partial charge >= 0.3 is 12.0 Å². The van der Waals surface area contributed by atoms with Gasteiger partial charge in [0, 0.05) is 5.54 Å². The van der Waals surface area contributed by atoms with Crippen molar-refractivity contribution in [2.75, 3.05) is 6.61 Å². The van der Waals surface area contributed by atoms with Crippen LogP contribution >= 0.6 is 11.3 Å². The average molecular weight is 445 g/mol. The highest BCUT2D eigenvalue weighted by Crippen LogP contribution is 2.25. The van der Waals surface area contributed by atoms with E-state index in [1.165, 1.54) is 40.3 Å². The van der Waals surface area contributed by atoms with Crippen molar-refractivity contribution in [1.29, 1.82) is 0 Å². The lowest BCUT2D eigenvalue weighted by atomic mass is 10.1. The summed E-state index contributed by atoms with van der Waals surface area (Å²) in [4.78, 5) is 40.9. The number of imide groups is 1. The Hall–Kier alpha value is -3.60. The van der Waals surface area contributed by atoms with Crippen LogP contribution in [0.15, 0.2) is 41.8 Å². The lowest BCUT2D eigenvalue weighted by Crippen LogP contribution is -2.49. The van der Waals surface area contributed by atoms with Gasteiger partial charge in [-0.3, -0.25) is 10.1 Å². The van der Waals surface area contributed by atoms with Gasteiger partial charge < -0.3 is 10.1 Å². The second-order valence-electron chi connectivity index (χ2n) is 7.45. The van der Waals surface area contributed by atoms with Crippen molar-refractivity contribution in [3.05, 3.63) is 53.4 Å². The SMILES string of the molecule is CC(C)(C)NC(=O)NC(=O)COC(=O)c1nc(-c2cccs2)n(-c2ccc(F)cc2)n1. The zero-order valence-electron chi connectivity index (χ0n) is 17.0. The van der Waals surface area contributed by atoms with Crippen molar-refractivity contribution in [3.8, 4) is 16.4 Å². The van der Waals surface area contributed by atoms with Crippen LogP contribution in [0.3, 0.4) is 0 Å². The number of rotatable bonds is 5. The molecule has 0 fully saturated rings. The highest BCUT2D eigenvalue weighted by Gasteiger charge is 2.22. The van der Waals surface area contributed by atoms with E-state index in [1.807, 2.05) is 11.4 Å². The Morgan fingerprint density at radius 3 is 2.48 bits per heavy atom. The highest BCUT2D eigenvalue weighted by molar-refractivity contribution is 7.13. The van der Waals surface area contributed by atoms with E-state index in [1.54, 1.807) is 26.8 Å². The first kappa shape index (κ1) is 22.1. The molecule has 0 bridgehead atoms. The van der Waals surface area contributed by atoms with Crippen LogP contribution in [0.25, 0.3) is 16.4 Å². The van der Waals surface area contributed by atoms with Gasteiger partial charge in [-0.15, -0.1) is 16.4 Å². The molecule has 0 aliphatic carbocycles. The van der Waals surface area contributed by atoms with E-state index in [0.717, 1.165) is 4.88 Å². The molecule has 0 spiro atoms. The van der Waals surface area contributed by atoms with Gasteiger partial charge in [-0.2, -0.15) is 4.98 Å². The molecule has 9 nitrogen and oxygen atoms in total. The van der Waals surface area contributed by atoms with Crippen molar-refractivity contribution in [2.24, 2.45) is 0 Å². The number of nitrogens with zero attached hydrogens (tertiary/aromatic N) is 3. The summed E-state index contributed by atoms with van der Waals surface area (Å²) in [5, 5.41) is 10.6. The van der Waals surface area contributed by atoms with Crippen molar-refractivity contribution >= 4 is 29.2 Å². The van der Waals surface area contributed by atoms with Crippen molar-refractivity contribution in [1.82, 2.24) is 25.4 Å². The lowest BCUT2D eigenvalue weighted by molar-refractivity contribution is -0.123. The number of benzene rings is 1. The lowest BCUT2D eigenvalue weighted by Gasteiger charge is -2.20. The number of hydrogen-bond acceptors (Lipinski definition) is 7. The van der Waals surface area contributed by atoms with Crippen LogP contribution in [0.5, 0.6) is 0 Å². The molecule has 2 aromatic heterocycles. The molecule has 0 radical (unpaired) electrons. The maximum Gasteiger partial charge on any atom is 0.378 e. The number of carbonyl (C=O) groups is 3. The Morgan fingerprint density at radius 1 is 1.16 bits per heavy atom. The van der Waals surface area contributed by atoms with Gasteiger partial charge in [0.1, 0.15) is 5.82 Å². The molecule has 0 saturated carbocycles. The number of halogens is 1. The number of urea groups is 1. The maximum atomic E-state index is 13.3. The van der Waals surface area contributed by atoms with Gasteiger partial charge in [0.05, 0.1) is 10.6 Å². The van der Waals surface area contributed by atoms with E-state index < -0.39 is 35.9 Å². The second kappa shape index (κ2) is 9.04. The number of thiophene rings is 1. The first-order valence-corrected chi connectivity index (χ1v) is 10.1. The number of hydrogen-bond donors (Lipinski definition) is 2. The average Bonchev–Trinajstić information content (AvgIpc) is 3.34. The van der Waals surface area contributed by atoms with Crippen molar-refractivity contribution in [2.45, 2.75) is 26.3 Å². The second-order valence-corrected chi connectivity index (χ2v) is 8.40. The Labute approximate surface area is 181 Å². The van der Waals surface area contributed by atoms with Crippen LogP contribution < -0.4 is 10.6 Å². The van der Waals surface area contributed by atoms with Crippen LogP contribution in [0.1, 0.15) is 31.4 Å². The largest absolute Gasteiger partial charge is 0.450 e. The van der Waals surface area contributed by atoms with Gasteiger partial charge in [-0.1, -0.05) is 6.07 Å². The third-order valence-corrected chi connectivity index (χ3v) is 4.54. The minimum absolute atomic E-state index is 0.278. The van der Waals surface area contributed by atoms with Crippen LogP contribution in [-0.4, -0.2) is 44.8 Å². The number of aromatic nitrogens is 3. The van der Waals surface area contributed by atoms with E-state index >= 15 is 0 Å². The fraction of sp³-hybridized carbons (Fsp3) is 0.250. The summed E-state index contributed by atoms with van der Waals surface area (Å²) in [6, 6.07) is 8.43. The van der Waals surface area contributed by atoms with Crippen LogP contribution in [0.2, 0.25) is 0 Å². The van der Waals surface area contributed by atoms with Crippen molar-refractivity contribution < 1.29 is 23.5 Å². The summed E-state index contributed by atoms with van der Waals surface area (Å²) in [5.74, 6) is -2.07. The Bertz CT molecular complexity index is 1090. The third-order valence-electron chi connectivity index (χ3n) is 3.68. The standard InChI is InChI=1S/C20H20FN5O4S/c1-20(2,3)24-19(29)22-15(27)11-30-18(28)16-23-17(14-5-4-10-31-14)26(25-16)13-8-6-12(21)7-9-13/h4-10H,11H2,1-3H3,(H2,22,24,27,29). The molecule has 3 amide bonds. The molecule has 31 heavy (non-hydrogen) atoms. The van der Waals surface area contributed by atoms with Gasteiger partial charge in [0.15, 0.2) is 12.4 Å². The van der Waals surface area contributed by atoms with Gasteiger partial charge in [0.2, 0.25) is 0 Å². The molecule has 11 heteroatoms. The van der Waals surface area contributed by atoms with Gasteiger partial charge in [-0.05, 0) is 56.5 Å². The van der Waals surface area contributed by atoms with Crippen LogP contribution in [-0.2, 0) is 9.53 Å². The fourth-order valence-electron chi connectivity index (χ4n) is 2.46. The zero-order chi connectivity index (χ0) is 22.6. The molecule has 0 aliphatic heterocycles. The normalized spacial score (nSPS) is 11.1. The summed E-state index contributed by atoms with van der Waals surface area (Å²) >= 11 is 1.38. The summed E-state index contributed by atoms with van der Waals surface area (Å²) < 4.78 is 19.6. The topological polar surface area (TPSA) is 115 Å².